The lowest BCUT2D eigenvalue weighted by atomic mass is 9.64. The summed E-state index contributed by atoms with van der Waals surface area (Å²) in [4.78, 5) is 0. The Bertz CT molecular complexity index is 359. The molecule has 2 heteroatoms. The molecule has 0 spiro atoms. The minimum Gasteiger partial charge on any atom is -0.393 e. The molecule has 2 nitrogen and oxygen atoms in total. The minimum atomic E-state index is -0.382. The summed E-state index contributed by atoms with van der Waals surface area (Å²) in [6.45, 7) is 10.5. The third-order valence-corrected chi connectivity index (χ3v) is 5.05. The monoisotopic (exact) mass is 264 g/mol. The Morgan fingerprint density at radius 2 is 1.84 bits per heavy atom. The van der Waals surface area contributed by atoms with Gasteiger partial charge in [-0.2, -0.15) is 0 Å². The average Bonchev–Trinajstić information content (AvgIpc) is 2.27. The van der Waals surface area contributed by atoms with Gasteiger partial charge in [-0.05, 0) is 57.3 Å². The van der Waals surface area contributed by atoms with Crippen LogP contribution in [0, 0.1) is 23.7 Å². The van der Waals surface area contributed by atoms with Crippen LogP contribution < -0.4 is 0 Å². The third-order valence-electron chi connectivity index (χ3n) is 5.05. The maximum Gasteiger partial charge on any atom is 0.0601 e. The van der Waals surface area contributed by atoms with Gasteiger partial charge in [0.15, 0.2) is 0 Å². The highest BCUT2D eigenvalue weighted by molar-refractivity contribution is 5.16. The molecule has 1 saturated carbocycles. The second-order valence-electron chi connectivity index (χ2n) is 6.87. The van der Waals surface area contributed by atoms with Gasteiger partial charge in [0.05, 0.1) is 12.2 Å². The number of rotatable bonds is 2. The van der Waals surface area contributed by atoms with E-state index in [9.17, 15) is 10.2 Å². The summed E-state index contributed by atoms with van der Waals surface area (Å²) in [5, 5.41) is 20.9. The molecule has 2 N–H and O–H groups in total. The first kappa shape index (κ1) is 14.8. The Hall–Kier alpha value is -0.600. The summed E-state index contributed by atoms with van der Waals surface area (Å²) >= 11 is 0. The first-order chi connectivity index (χ1) is 8.90. The largest absolute Gasteiger partial charge is 0.393 e. The van der Waals surface area contributed by atoms with E-state index in [1.807, 2.05) is 0 Å². The zero-order chi connectivity index (χ0) is 14.2. The molecule has 2 aliphatic rings. The van der Waals surface area contributed by atoms with Crippen molar-refractivity contribution < 1.29 is 10.2 Å². The SMILES string of the molecule is C=C(C)C1CCC(C)=CC1C1C(O)CC(C)CC1O. The van der Waals surface area contributed by atoms with Crippen LogP contribution in [-0.2, 0) is 0 Å². The highest BCUT2D eigenvalue weighted by Crippen LogP contribution is 2.43. The van der Waals surface area contributed by atoms with E-state index in [0.717, 1.165) is 25.7 Å². The van der Waals surface area contributed by atoms with Crippen LogP contribution in [-0.4, -0.2) is 22.4 Å². The van der Waals surface area contributed by atoms with Crippen molar-refractivity contribution in [2.24, 2.45) is 23.7 Å². The zero-order valence-electron chi connectivity index (χ0n) is 12.5. The minimum absolute atomic E-state index is 0.0202. The maximum absolute atomic E-state index is 10.4. The second-order valence-corrected chi connectivity index (χ2v) is 6.87. The lowest BCUT2D eigenvalue weighted by Crippen LogP contribution is -2.45. The molecule has 0 amide bonds. The zero-order valence-corrected chi connectivity index (χ0v) is 12.5. The van der Waals surface area contributed by atoms with Crippen molar-refractivity contribution in [3.8, 4) is 0 Å². The molecule has 0 aromatic heterocycles. The number of aliphatic hydroxyl groups is 2. The van der Waals surface area contributed by atoms with E-state index in [4.69, 9.17) is 0 Å². The molecular formula is C17H28O2. The standard InChI is InChI=1S/C17H28O2/c1-10(2)13-6-5-11(3)7-14(13)17-15(18)8-12(4)9-16(17)19/h7,12-19H,1,5-6,8-9H2,2-4H3. The fourth-order valence-electron chi connectivity index (χ4n) is 4.06. The van der Waals surface area contributed by atoms with Crippen molar-refractivity contribution in [2.75, 3.05) is 0 Å². The van der Waals surface area contributed by atoms with E-state index in [0.29, 0.717) is 11.8 Å². The lowest BCUT2D eigenvalue weighted by molar-refractivity contribution is -0.0674. The van der Waals surface area contributed by atoms with Gasteiger partial charge in [0.25, 0.3) is 0 Å². The van der Waals surface area contributed by atoms with Gasteiger partial charge in [0.1, 0.15) is 0 Å². The van der Waals surface area contributed by atoms with Gasteiger partial charge >= 0.3 is 0 Å². The Morgan fingerprint density at radius 3 is 2.37 bits per heavy atom. The molecule has 2 rings (SSSR count). The fraction of sp³-hybridized carbons (Fsp3) is 0.765. The molecule has 108 valence electrons. The summed E-state index contributed by atoms with van der Waals surface area (Å²) in [7, 11) is 0. The van der Waals surface area contributed by atoms with Crippen LogP contribution in [0.3, 0.4) is 0 Å². The van der Waals surface area contributed by atoms with Gasteiger partial charge in [-0.3, -0.25) is 0 Å². The van der Waals surface area contributed by atoms with Crippen molar-refractivity contribution in [1.29, 1.82) is 0 Å². The van der Waals surface area contributed by atoms with Crippen molar-refractivity contribution >= 4 is 0 Å². The maximum atomic E-state index is 10.4. The lowest BCUT2D eigenvalue weighted by Gasteiger charge is -2.44. The van der Waals surface area contributed by atoms with E-state index in [1.165, 1.54) is 11.1 Å². The molecule has 4 unspecified atom stereocenters. The van der Waals surface area contributed by atoms with Crippen molar-refractivity contribution in [1.82, 2.24) is 0 Å². The molecule has 2 aliphatic carbocycles. The predicted octanol–water partition coefficient (Wildman–Crippen LogP) is 3.30. The number of aliphatic hydroxyl groups excluding tert-OH is 2. The molecule has 19 heavy (non-hydrogen) atoms. The summed E-state index contributed by atoms with van der Waals surface area (Å²) in [5.74, 6) is 1.06. The highest BCUT2D eigenvalue weighted by atomic mass is 16.3. The number of allylic oxidation sites excluding steroid dienone is 3. The van der Waals surface area contributed by atoms with Crippen LogP contribution in [0.15, 0.2) is 23.8 Å². The number of hydrogen-bond acceptors (Lipinski definition) is 2. The molecule has 0 heterocycles. The Kier molecular flexibility index (Phi) is 4.52. The first-order valence-corrected chi connectivity index (χ1v) is 7.59. The van der Waals surface area contributed by atoms with Crippen LogP contribution in [0.5, 0.6) is 0 Å². The van der Waals surface area contributed by atoms with Gasteiger partial charge in [-0.25, -0.2) is 0 Å². The van der Waals surface area contributed by atoms with E-state index in [-0.39, 0.29) is 24.0 Å². The molecule has 0 bridgehead atoms. The van der Waals surface area contributed by atoms with Crippen LogP contribution in [0.4, 0.5) is 0 Å². The summed E-state index contributed by atoms with van der Waals surface area (Å²) < 4.78 is 0. The van der Waals surface area contributed by atoms with Gasteiger partial charge in [-0.15, -0.1) is 0 Å². The molecule has 4 atom stereocenters. The second kappa shape index (κ2) is 5.80. The molecule has 0 radical (unpaired) electrons. The van der Waals surface area contributed by atoms with Gasteiger partial charge in [0.2, 0.25) is 0 Å². The normalized spacial score (nSPS) is 43.7. The van der Waals surface area contributed by atoms with E-state index >= 15 is 0 Å². The summed E-state index contributed by atoms with van der Waals surface area (Å²) in [6.07, 6.45) is 5.37. The third kappa shape index (κ3) is 3.11. The summed E-state index contributed by atoms with van der Waals surface area (Å²) in [6, 6.07) is 0. The molecule has 1 fully saturated rings. The smallest absolute Gasteiger partial charge is 0.0601 e. The van der Waals surface area contributed by atoms with Crippen LogP contribution in [0.25, 0.3) is 0 Å². The Balaban J connectivity index is 2.25. The Morgan fingerprint density at radius 1 is 1.26 bits per heavy atom. The van der Waals surface area contributed by atoms with Gasteiger partial charge in [-0.1, -0.05) is 30.7 Å². The highest BCUT2D eigenvalue weighted by Gasteiger charge is 2.42. The number of hydrogen-bond donors (Lipinski definition) is 2. The first-order valence-electron chi connectivity index (χ1n) is 7.59. The summed E-state index contributed by atoms with van der Waals surface area (Å²) in [5.41, 5.74) is 2.58. The predicted molar refractivity (Wildman–Crippen MR) is 78.7 cm³/mol. The molecule has 0 aromatic carbocycles. The van der Waals surface area contributed by atoms with Gasteiger partial charge < -0.3 is 10.2 Å². The van der Waals surface area contributed by atoms with E-state index < -0.39 is 0 Å². The molecule has 0 aliphatic heterocycles. The average molecular weight is 264 g/mol. The van der Waals surface area contributed by atoms with Crippen LogP contribution >= 0.6 is 0 Å². The molecular weight excluding hydrogens is 236 g/mol. The van der Waals surface area contributed by atoms with Crippen molar-refractivity contribution in [3.63, 3.8) is 0 Å². The van der Waals surface area contributed by atoms with Gasteiger partial charge in [0, 0.05) is 5.92 Å². The van der Waals surface area contributed by atoms with Crippen LogP contribution in [0.1, 0.15) is 46.5 Å². The molecule has 0 aromatic rings. The van der Waals surface area contributed by atoms with Crippen molar-refractivity contribution in [2.45, 2.75) is 58.7 Å². The Labute approximate surface area is 117 Å². The molecule has 0 saturated heterocycles. The fourth-order valence-corrected chi connectivity index (χ4v) is 4.06. The van der Waals surface area contributed by atoms with E-state index in [2.05, 4.69) is 33.4 Å². The topological polar surface area (TPSA) is 40.5 Å². The van der Waals surface area contributed by atoms with E-state index in [1.54, 1.807) is 0 Å². The quantitative estimate of drug-likeness (QED) is 0.751. The van der Waals surface area contributed by atoms with Crippen LogP contribution in [0.2, 0.25) is 0 Å². The van der Waals surface area contributed by atoms with Crippen molar-refractivity contribution in [3.05, 3.63) is 23.8 Å².